The van der Waals surface area contributed by atoms with Gasteiger partial charge in [0, 0.05) is 25.2 Å². The third-order valence-corrected chi connectivity index (χ3v) is 7.00. The van der Waals surface area contributed by atoms with E-state index in [9.17, 15) is 16.8 Å². The molecule has 3 N–H and O–H groups in total. The molecule has 0 atom stereocenters. The Labute approximate surface area is 178 Å². The van der Waals surface area contributed by atoms with Gasteiger partial charge in [-0.05, 0) is 51.6 Å². The largest absolute Gasteiger partial charge is 0.313 e. The van der Waals surface area contributed by atoms with Gasteiger partial charge in [0.1, 0.15) is 0 Å². The first kappa shape index (κ1) is 24.4. The first-order valence-corrected chi connectivity index (χ1v) is 12.2. The summed E-state index contributed by atoms with van der Waals surface area (Å²) in [5.41, 5.74) is 2.54. The summed E-state index contributed by atoms with van der Waals surface area (Å²) in [7, 11) is -5.83. The van der Waals surface area contributed by atoms with Crippen LogP contribution in [0, 0.1) is 13.8 Å². The molecule has 2 aromatic rings. The van der Waals surface area contributed by atoms with Crippen molar-refractivity contribution >= 4 is 20.2 Å². The zero-order chi connectivity index (χ0) is 22.6. The zero-order valence-corrected chi connectivity index (χ0v) is 18.9. The van der Waals surface area contributed by atoms with Crippen LogP contribution in [0.3, 0.4) is 0 Å². The van der Waals surface area contributed by atoms with Crippen LogP contribution in [0.1, 0.15) is 17.5 Å². The number of likely N-dealkylation sites (tertiary alicyclic amines) is 1. The molecule has 2 aliphatic rings. The van der Waals surface area contributed by atoms with E-state index in [2.05, 4.69) is 17.3 Å². The average Bonchev–Trinajstić information content (AvgIpc) is 2.59. The quantitative estimate of drug-likeness (QED) is 0.587. The molecule has 0 bridgehead atoms. The third-order valence-electron chi connectivity index (χ3n) is 5.27. The lowest BCUT2D eigenvalue weighted by Gasteiger charge is -2.57. The molecular weight excluding hydrogens is 428 g/mol. The highest BCUT2D eigenvalue weighted by molar-refractivity contribution is 7.86. The van der Waals surface area contributed by atoms with E-state index in [1.165, 1.54) is 50.3 Å². The second-order valence-corrected chi connectivity index (χ2v) is 10.4. The molecule has 0 aliphatic carbocycles. The summed E-state index contributed by atoms with van der Waals surface area (Å²) in [6, 6.07) is 12.0. The van der Waals surface area contributed by atoms with Crippen LogP contribution in [0.25, 0.3) is 0 Å². The van der Waals surface area contributed by atoms with Crippen LogP contribution in [0.2, 0.25) is 0 Å². The molecule has 0 saturated carbocycles. The summed E-state index contributed by atoms with van der Waals surface area (Å²) in [5, 5.41) is 3.29. The minimum absolute atomic E-state index is 0.0666. The van der Waals surface area contributed by atoms with Crippen molar-refractivity contribution in [3.63, 3.8) is 0 Å². The number of hydrogen-bond donors (Lipinski definition) is 3. The van der Waals surface area contributed by atoms with E-state index in [0.29, 0.717) is 5.54 Å². The number of hydrogen-bond acceptors (Lipinski definition) is 6. The van der Waals surface area contributed by atoms with Crippen LogP contribution in [-0.2, 0) is 20.2 Å². The van der Waals surface area contributed by atoms with Gasteiger partial charge in [-0.1, -0.05) is 35.4 Å². The minimum Gasteiger partial charge on any atom is -0.313 e. The van der Waals surface area contributed by atoms with Gasteiger partial charge >= 0.3 is 0 Å². The van der Waals surface area contributed by atoms with Gasteiger partial charge in [0.2, 0.25) is 0 Å². The van der Waals surface area contributed by atoms with Crippen molar-refractivity contribution in [2.75, 3.05) is 26.7 Å². The Morgan fingerprint density at radius 2 is 1.17 bits per heavy atom. The lowest BCUT2D eigenvalue weighted by atomic mass is 9.80. The Morgan fingerprint density at radius 1 is 0.800 bits per heavy atom. The summed E-state index contributed by atoms with van der Waals surface area (Å²) >= 11 is 0. The highest BCUT2D eigenvalue weighted by atomic mass is 32.2. The van der Waals surface area contributed by atoms with E-state index < -0.39 is 20.2 Å². The maximum absolute atomic E-state index is 10.5. The van der Waals surface area contributed by atoms with Gasteiger partial charge in [-0.2, -0.15) is 16.8 Å². The van der Waals surface area contributed by atoms with E-state index in [4.69, 9.17) is 9.11 Å². The van der Waals surface area contributed by atoms with Crippen molar-refractivity contribution in [2.45, 2.75) is 35.6 Å². The molecule has 2 saturated heterocycles. The summed E-state index contributed by atoms with van der Waals surface area (Å²) in [4.78, 5) is 2.31. The van der Waals surface area contributed by atoms with Crippen LogP contribution < -0.4 is 5.32 Å². The lowest BCUT2D eigenvalue weighted by Crippen LogP contribution is -2.74. The van der Waals surface area contributed by atoms with Gasteiger partial charge in [-0.3, -0.25) is 14.0 Å². The topological polar surface area (TPSA) is 124 Å². The molecule has 0 radical (unpaired) electrons. The Hall–Kier alpha value is -1.82. The van der Waals surface area contributed by atoms with Gasteiger partial charge in [-0.25, -0.2) is 0 Å². The summed E-state index contributed by atoms with van der Waals surface area (Å²) in [5.74, 6) is 0. The second-order valence-electron chi connectivity index (χ2n) is 7.58. The van der Waals surface area contributed by atoms with E-state index >= 15 is 0 Å². The van der Waals surface area contributed by atoms with Crippen LogP contribution in [-0.4, -0.2) is 63.1 Å². The Morgan fingerprint density at radius 3 is 1.30 bits per heavy atom. The van der Waals surface area contributed by atoms with Crippen molar-refractivity contribution in [1.82, 2.24) is 10.2 Å². The van der Waals surface area contributed by atoms with E-state index in [-0.39, 0.29) is 9.79 Å². The van der Waals surface area contributed by atoms with Crippen molar-refractivity contribution in [3.05, 3.63) is 59.7 Å². The number of aryl methyl sites for hydroxylation is 2. The fourth-order valence-electron chi connectivity index (χ4n) is 2.93. The normalized spacial score (nSPS) is 17.5. The van der Waals surface area contributed by atoms with Crippen molar-refractivity contribution < 1.29 is 25.9 Å². The predicted octanol–water partition coefficient (Wildman–Crippen LogP) is 2.15. The van der Waals surface area contributed by atoms with Gasteiger partial charge in [-0.15, -0.1) is 0 Å². The Bertz CT molecular complexity index is 966. The fraction of sp³-hybridized carbons (Fsp3) is 0.400. The maximum Gasteiger partial charge on any atom is 0.294 e. The number of nitrogens with one attached hydrogen (secondary N) is 1. The zero-order valence-electron chi connectivity index (χ0n) is 17.2. The van der Waals surface area contributed by atoms with Crippen LogP contribution in [0.15, 0.2) is 58.3 Å². The van der Waals surface area contributed by atoms with Gasteiger partial charge in [0.15, 0.2) is 0 Å². The molecule has 2 fully saturated rings. The van der Waals surface area contributed by atoms with Crippen molar-refractivity contribution in [2.24, 2.45) is 0 Å². The third kappa shape index (κ3) is 6.59. The van der Waals surface area contributed by atoms with Crippen LogP contribution in [0.5, 0.6) is 0 Å². The lowest BCUT2D eigenvalue weighted by molar-refractivity contribution is -0.0312. The molecule has 0 amide bonds. The first-order valence-electron chi connectivity index (χ1n) is 9.34. The monoisotopic (exact) mass is 456 g/mol. The summed E-state index contributed by atoms with van der Waals surface area (Å²) < 4.78 is 59.1. The molecule has 8 nitrogen and oxygen atoms in total. The summed E-state index contributed by atoms with van der Waals surface area (Å²) in [6.07, 6.45) is 1.41. The van der Waals surface area contributed by atoms with Gasteiger partial charge < -0.3 is 5.32 Å². The molecule has 0 aromatic heterocycles. The molecule has 2 heterocycles. The standard InChI is InChI=1S/2C7H8O3S.C6H12N2/c2*1-6-2-4-7(5-3-6)11(8,9)10;1-8-3-2-6(8)4-7-5-6/h2*2-5H,1H3,(H,8,9,10);7H,2-5H2,1H3. The first-order chi connectivity index (χ1) is 13.8. The van der Waals surface area contributed by atoms with E-state index in [1.54, 1.807) is 24.3 Å². The van der Waals surface area contributed by atoms with Crippen LogP contribution in [0.4, 0.5) is 0 Å². The molecule has 2 aromatic carbocycles. The van der Waals surface area contributed by atoms with Gasteiger partial charge in [0.05, 0.1) is 9.79 Å². The van der Waals surface area contributed by atoms with Crippen LogP contribution >= 0.6 is 0 Å². The molecular formula is C20H28N2O6S2. The number of benzene rings is 2. The highest BCUT2D eigenvalue weighted by Crippen LogP contribution is 2.31. The van der Waals surface area contributed by atoms with E-state index in [1.807, 2.05) is 13.8 Å². The molecule has 4 rings (SSSR count). The van der Waals surface area contributed by atoms with E-state index in [0.717, 1.165) is 11.1 Å². The van der Waals surface area contributed by atoms with Crippen molar-refractivity contribution in [1.29, 1.82) is 0 Å². The highest BCUT2D eigenvalue weighted by Gasteiger charge is 2.46. The Kier molecular flexibility index (Phi) is 7.78. The molecule has 166 valence electrons. The molecule has 1 spiro atoms. The minimum atomic E-state index is -4.02. The molecule has 2 aliphatic heterocycles. The average molecular weight is 457 g/mol. The molecule has 0 unspecified atom stereocenters. The smallest absolute Gasteiger partial charge is 0.294 e. The predicted molar refractivity (Wildman–Crippen MR) is 115 cm³/mol. The molecule has 30 heavy (non-hydrogen) atoms. The second kappa shape index (κ2) is 9.54. The number of likely N-dealkylation sites (N-methyl/N-ethyl adjacent to an activating group) is 1. The fourth-order valence-corrected chi connectivity index (χ4v) is 3.89. The number of nitrogens with zero attached hydrogens (tertiary/aromatic N) is 1. The summed E-state index contributed by atoms with van der Waals surface area (Å²) in [6.45, 7) is 7.44. The van der Waals surface area contributed by atoms with Gasteiger partial charge in [0.25, 0.3) is 20.2 Å². The maximum atomic E-state index is 10.5. The number of rotatable bonds is 2. The Balaban J connectivity index is 0.000000162. The van der Waals surface area contributed by atoms with Crippen molar-refractivity contribution in [3.8, 4) is 0 Å². The molecule has 10 heteroatoms. The SMILES string of the molecule is CN1CCC12CNC2.Cc1ccc(S(=O)(=O)O)cc1.Cc1ccc(S(=O)(=O)O)cc1.